The molecule has 0 spiro atoms. The highest BCUT2D eigenvalue weighted by Gasteiger charge is 2.21. The van der Waals surface area contributed by atoms with Crippen molar-refractivity contribution in [2.75, 3.05) is 13.1 Å². The van der Waals surface area contributed by atoms with Crippen molar-refractivity contribution in [1.29, 1.82) is 0 Å². The van der Waals surface area contributed by atoms with Gasteiger partial charge in [-0.3, -0.25) is 4.90 Å². The van der Waals surface area contributed by atoms with Gasteiger partial charge in [0.05, 0.1) is 0 Å². The van der Waals surface area contributed by atoms with Crippen LogP contribution in [0.2, 0.25) is 0 Å². The Labute approximate surface area is 120 Å². The number of hydrogen-bond donors (Lipinski definition) is 1. The van der Waals surface area contributed by atoms with Crippen molar-refractivity contribution in [3.8, 4) is 0 Å². The van der Waals surface area contributed by atoms with E-state index >= 15 is 0 Å². The maximum Gasteiger partial charge on any atom is 0.354 e. The molecule has 1 unspecified atom stereocenters. The normalized spacial score (nSPS) is 20.9. The van der Waals surface area contributed by atoms with Crippen molar-refractivity contribution in [3.05, 3.63) is 29.6 Å². The summed E-state index contributed by atoms with van der Waals surface area (Å²) in [5, 5.41) is 9.18. The summed E-state index contributed by atoms with van der Waals surface area (Å²) in [6.07, 6.45) is 5.24. The SMILES string of the molecule is CC(C)C1CCCN(Cc2cccnc2C(=O)O)CC1. The zero-order valence-electron chi connectivity index (χ0n) is 12.4. The molecular formula is C16H24N2O2. The fraction of sp³-hybridized carbons (Fsp3) is 0.625. The number of aromatic nitrogens is 1. The highest BCUT2D eigenvalue weighted by Crippen LogP contribution is 2.25. The molecule has 0 bridgehead atoms. The summed E-state index contributed by atoms with van der Waals surface area (Å²) in [7, 11) is 0. The maximum absolute atomic E-state index is 11.2. The van der Waals surface area contributed by atoms with Gasteiger partial charge in [0.25, 0.3) is 0 Å². The predicted octanol–water partition coefficient (Wildman–Crippen LogP) is 3.04. The Kier molecular flexibility index (Phi) is 5.12. The van der Waals surface area contributed by atoms with Crippen molar-refractivity contribution in [3.63, 3.8) is 0 Å². The van der Waals surface area contributed by atoms with E-state index < -0.39 is 5.97 Å². The highest BCUT2D eigenvalue weighted by molar-refractivity contribution is 5.86. The highest BCUT2D eigenvalue weighted by atomic mass is 16.4. The number of aromatic carboxylic acids is 1. The smallest absolute Gasteiger partial charge is 0.354 e. The van der Waals surface area contributed by atoms with Gasteiger partial charge in [0.1, 0.15) is 0 Å². The first-order chi connectivity index (χ1) is 9.58. The number of rotatable bonds is 4. The molecule has 1 aromatic heterocycles. The average Bonchev–Trinajstić information content (AvgIpc) is 2.65. The van der Waals surface area contributed by atoms with Gasteiger partial charge in [0, 0.05) is 12.7 Å². The van der Waals surface area contributed by atoms with Gasteiger partial charge in [-0.2, -0.15) is 0 Å². The van der Waals surface area contributed by atoms with Crippen LogP contribution in [0.5, 0.6) is 0 Å². The molecule has 2 rings (SSSR count). The van der Waals surface area contributed by atoms with E-state index in [4.69, 9.17) is 0 Å². The van der Waals surface area contributed by atoms with Crippen LogP contribution in [0.1, 0.15) is 49.2 Å². The zero-order chi connectivity index (χ0) is 14.5. The van der Waals surface area contributed by atoms with Crippen LogP contribution < -0.4 is 0 Å². The van der Waals surface area contributed by atoms with Crippen molar-refractivity contribution in [1.82, 2.24) is 9.88 Å². The van der Waals surface area contributed by atoms with E-state index in [1.807, 2.05) is 12.1 Å². The van der Waals surface area contributed by atoms with Crippen LogP contribution in [0.3, 0.4) is 0 Å². The summed E-state index contributed by atoms with van der Waals surface area (Å²) in [5.41, 5.74) is 1.01. The number of carboxylic acids is 1. The summed E-state index contributed by atoms with van der Waals surface area (Å²) in [5.74, 6) is 0.603. The number of carboxylic acid groups (broad SMARTS) is 1. The lowest BCUT2D eigenvalue weighted by Gasteiger charge is -2.21. The van der Waals surface area contributed by atoms with E-state index in [1.165, 1.54) is 19.3 Å². The van der Waals surface area contributed by atoms with Crippen LogP contribution in [0.4, 0.5) is 0 Å². The first-order valence-corrected chi connectivity index (χ1v) is 7.47. The third kappa shape index (κ3) is 3.79. The Bertz CT molecular complexity index is 460. The molecule has 1 fully saturated rings. The van der Waals surface area contributed by atoms with Gasteiger partial charge >= 0.3 is 5.97 Å². The van der Waals surface area contributed by atoms with Crippen LogP contribution in [0, 0.1) is 11.8 Å². The molecule has 0 radical (unpaired) electrons. The molecule has 1 saturated heterocycles. The average molecular weight is 276 g/mol. The fourth-order valence-electron chi connectivity index (χ4n) is 3.01. The number of likely N-dealkylation sites (tertiary alicyclic amines) is 1. The summed E-state index contributed by atoms with van der Waals surface area (Å²) >= 11 is 0. The van der Waals surface area contributed by atoms with Gasteiger partial charge in [0.2, 0.25) is 0 Å². The quantitative estimate of drug-likeness (QED) is 0.918. The lowest BCUT2D eigenvalue weighted by molar-refractivity contribution is 0.0687. The lowest BCUT2D eigenvalue weighted by Crippen LogP contribution is -2.26. The molecule has 1 aromatic rings. The molecule has 1 atom stereocenters. The van der Waals surface area contributed by atoms with E-state index in [0.29, 0.717) is 6.54 Å². The number of carbonyl (C=O) groups is 1. The first kappa shape index (κ1) is 15.0. The largest absolute Gasteiger partial charge is 0.477 e. The number of hydrogen-bond acceptors (Lipinski definition) is 3. The number of pyridine rings is 1. The van der Waals surface area contributed by atoms with Crippen LogP contribution in [-0.2, 0) is 6.54 Å². The molecule has 20 heavy (non-hydrogen) atoms. The molecular weight excluding hydrogens is 252 g/mol. The lowest BCUT2D eigenvalue weighted by atomic mass is 9.89. The molecule has 1 aliphatic heterocycles. The van der Waals surface area contributed by atoms with Crippen LogP contribution >= 0.6 is 0 Å². The van der Waals surface area contributed by atoms with Crippen molar-refractivity contribution in [2.45, 2.75) is 39.7 Å². The van der Waals surface area contributed by atoms with E-state index in [2.05, 4.69) is 23.7 Å². The second kappa shape index (κ2) is 6.84. The summed E-state index contributed by atoms with van der Waals surface area (Å²) in [6, 6.07) is 3.69. The van der Waals surface area contributed by atoms with E-state index in [-0.39, 0.29) is 5.69 Å². The second-order valence-corrected chi connectivity index (χ2v) is 6.03. The van der Waals surface area contributed by atoms with Crippen LogP contribution in [0.25, 0.3) is 0 Å². The Hall–Kier alpha value is -1.42. The minimum absolute atomic E-state index is 0.192. The fourth-order valence-corrected chi connectivity index (χ4v) is 3.01. The summed E-state index contributed by atoms with van der Waals surface area (Å²) in [4.78, 5) is 17.5. The Morgan fingerprint density at radius 2 is 2.25 bits per heavy atom. The molecule has 0 aliphatic carbocycles. The van der Waals surface area contributed by atoms with Crippen molar-refractivity contribution >= 4 is 5.97 Å². The summed E-state index contributed by atoms with van der Waals surface area (Å²) in [6.45, 7) is 7.39. The van der Waals surface area contributed by atoms with E-state index in [1.54, 1.807) is 6.20 Å². The van der Waals surface area contributed by atoms with Gasteiger partial charge in [-0.15, -0.1) is 0 Å². The van der Waals surface area contributed by atoms with Crippen molar-refractivity contribution in [2.24, 2.45) is 11.8 Å². The van der Waals surface area contributed by atoms with E-state index in [0.717, 1.165) is 30.5 Å². The molecule has 4 heteroatoms. The standard InChI is InChI=1S/C16H24N2O2/c1-12(2)13-6-4-9-18(10-7-13)11-14-5-3-8-17-15(14)16(19)20/h3,5,8,12-13H,4,6-7,9-11H2,1-2H3,(H,19,20). The maximum atomic E-state index is 11.2. The van der Waals surface area contributed by atoms with Gasteiger partial charge < -0.3 is 5.11 Å². The minimum atomic E-state index is -0.935. The molecule has 1 N–H and O–H groups in total. The van der Waals surface area contributed by atoms with E-state index in [9.17, 15) is 9.90 Å². The number of nitrogens with zero attached hydrogens (tertiary/aromatic N) is 2. The second-order valence-electron chi connectivity index (χ2n) is 6.03. The monoisotopic (exact) mass is 276 g/mol. The van der Waals surface area contributed by atoms with Crippen molar-refractivity contribution < 1.29 is 9.90 Å². The third-order valence-corrected chi connectivity index (χ3v) is 4.30. The van der Waals surface area contributed by atoms with Gasteiger partial charge in [-0.1, -0.05) is 19.9 Å². The minimum Gasteiger partial charge on any atom is -0.477 e. The summed E-state index contributed by atoms with van der Waals surface area (Å²) < 4.78 is 0. The van der Waals surface area contributed by atoms with Gasteiger partial charge in [0.15, 0.2) is 5.69 Å². The zero-order valence-corrected chi connectivity index (χ0v) is 12.4. The third-order valence-electron chi connectivity index (χ3n) is 4.30. The Balaban J connectivity index is 2.02. The molecule has 4 nitrogen and oxygen atoms in total. The van der Waals surface area contributed by atoms with Gasteiger partial charge in [-0.05, 0) is 55.8 Å². The molecule has 0 amide bonds. The predicted molar refractivity (Wildman–Crippen MR) is 78.7 cm³/mol. The van der Waals surface area contributed by atoms with Crippen LogP contribution in [-0.4, -0.2) is 34.0 Å². The first-order valence-electron chi connectivity index (χ1n) is 7.47. The van der Waals surface area contributed by atoms with Gasteiger partial charge in [-0.25, -0.2) is 9.78 Å². The Morgan fingerprint density at radius 3 is 2.95 bits per heavy atom. The molecule has 110 valence electrons. The molecule has 2 heterocycles. The topological polar surface area (TPSA) is 53.4 Å². The van der Waals surface area contributed by atoms with Crippen LogP contribution in [0.15, 0.2) is 18.3 Å². The molecule has 1 aliphatic rings. The Morgan fingerprint density at radius 1 is 1.45 bits per heavy atom. The molecule has 0 aromatic carbocycles. The molecule has 0 saturated carbocycles.